The molecule has 0 radical (unpaired) electrons. The smallest absolute Gasteiger partial charge is 0.124 e. The molecule has 2 aromatic carbocycles. The quantitative estimate of drug-likeness (QED) is 0.682. The Morgan fingerprint density at radius 3 is 2.65 bits per heavy atom. The molecule has 0 aliphatic heterocycles. The molecular formula is C17H18BrFO. The third kappa shape index (κ3) is 3.83. The molecule has 0 saturated heterocycles. The zero-order valence-corrected chi connectivity index (χ0v) is 13.3. The van der Waals surface area contributed by atoms with E-state index < -0.39 is 0 Å². The molecule has 0 spiro atoms. The minimum atomic E-state index is -0.256. The van der Waals surface area contributed by atoms with E-state index in [1.54, 1.807) is 0 Å². The van der Waals surface area contributed by atoms with Crippen LogP contribution >= 0.6 is 15.9 Å². The fraction of sp³-hybridized carbons (Fsp3) is 0.294. The lowest BCUT2D eigenvalue weighted by Crippen LogP contribution is -2.01. The minimum absolute atomic E-state index is 0.256. The van der Waals surface area contributed by atoms with Gasteiger partial charge in [0.1, 0.15) is 18.2 Å². The third-order valence-electron chi connectivity index (χ3n) is 3.38. The standard InChI is InChI=1S/C17H18BrFO/c1-3-12(2)16-6-4-5-7-17(16)20-11-13-8-14(18)10-15(19)9-13/h4-10,12H,3,11H2,1-2H3. The molecule has 0 bridgehead atoms. The van der Waals surface area contributed by atoms with Crippen LogP contribution in [0.25, 0.3) is 0 Å². The van der Waals surface area contributed by atoms with Gasteiger partial charge in [0, 0.05) is 4.47 Å². The number of hydrogen-bond donors (Lipinski definition) is 0. The third-order valence-corrected chi connectivity index (χ3v) is 3.84. The highest BCUT2D eigenvalue weighted by atomic mass is 79.9. The van der Waals surface area contributed by atoms with Crippen LogP contribution in [0.3, 0.4) is 0 Å². The zero-order chi connectivity index (χ0) is 14.5. The number of rotatable bonds is 5. The first-order valence-electron chi connectivity index (χ1n) is 6.77. The molecule has 106 valence electrons. The van der Waals surface area contributed by atoms with Crippen molar-refractivity contribution in [2.75, 3.05) is 0 Å². The van der Waals surface area contributed by atoms with Gasteiger partial charge in [0.15, 0.2) is 0 Å². The Hall–Kier alpha value is -1.35. The Morgan fingerprint density at radius 1 is 1.20 bits per heavy atom. The van der Waals surface area contributed by atoms with E-state index in [0.717, 1.165) is 22.2 Å². The summed E-state index contributed by atoms with van der Waals surface area (Å²) >= 11 is 3.29. The highest BCUT2D eigenvalue weighted by Gasteiger charge is 2.09. The van der Waals surface area contributed by atoms with E-state index in [-0.39, 0.29) is 5.82 Å². The van der Waals surface area contributed by atoms with E-state index in [0.29, 0.717) is 12.5 Å². The molecule has 0 aliphatic carbocycles. The average molecular weight is 337 g/mol. The molecule has 20 heavy (non-hydrogen) atoms. The van der Waals surface area contributed by atoms with Gasteiger partial charge in [0.2, 0.25) is 0 Å². The van der Waals surface area contributed by atoms with Crippen LogP contribution in [0.15, 0.2) is 46.9 Å². The van der Waals surface area contributed by atoms with Crippen molar-refractivity contribution in [3.05, 3.63) is 63.9 Å². The van der Waals surface area contributed by atoms with Crippen molar-refractivity contribution in [2.45, 2.75) is 32.8 Å². The SMILES string of the molecule is CCC(C)c1ccccc1OCc1cc(F)cc(Br)c1. The Labute approximate surface area is 127 Å². The summed E-state index contributed by atoms with van der Waals surface area (Å²) in [6.07, 6.45) is 1.06. The van der Waals surface area contributed by atoms with Crippen LogP contribution in [0, 0.1) is 5.82 Å². The molecule has 0 fully saturated rings. The van der Waals surface area contributed by atoms with Crippen LogP contribution in [-0.4, -0.2) is 0 Å². The molecule has 0 aliphatic rings. The van der Waals surface area contributed by atoms with Crippen LogP contribution in [-0.2, 0) is 6.61 Å². The number of ether oxygens (including phenoxy) is 1. The van der Waals surface area contributed by atoms with Gasteiger partial charge in [-0.15, -0.1) is 0 Å². The van der Waals surface area contributed by atoms with Crippen molar-refractivity contribution in [1.82, 2.24) is 0 Å². The number of benzene rings is 2. The lowest BCUT2D eigenvalue weighted by Gasteiger charge is -2.15. The fourth-order valence-electron chi connectivity index (χ4n) is 2.09. The highest BCUT2D eigenvalue weighted by molar-refractivity contribution is 9.10. The monoisotopic (exact) mass is 336 g/mol. The molecule has 3 heteroatoms. The van der Waals surface area contributed by atoms with Crippen molar-refractivity contribution >= 4 is 15.9 Å². The van der Waals surface area contributed by atoms with Crippen molar-refractivity contribution < 1.29 is 9.13 Å². The summed E-state index contributed by atoms with van der Waals surface area (Å²) in [4.78, 5) is 0. The Morgan fingerprint density at radius 2 is 1.95 bits per heavy atom. The lowest BCUT2D eigenvalue weighted by molar-refractivity contribution is 0.300. The predicted molar refractivity (Wildman–Crippen MR) is 83.6 cm³/mol. The largest absolute Gasteiger partial charge is 0.489 e. The first-order valence-corrected chi connectivity index (χ1v) is 7.56. The van der Waals surface area contributed by atoms with Crippen LogP contribution in [0.1, 0.15) is 37.3 Å². The van der Waals surface area contributed by atoms with Crippen molar-refractivity contribution in [3.63, 3.8) is 0 Å². The van der Waals surface area contributed by atoms with Crippen LogP contribution < -0.4 is 4.74 Å². The van der Waals surface area contributed by atoms with Gasteiger partial charge in [-0.05, 0) is 47.7 Å². The van der Waals surface area contributed by atoms with Crippen LogP contribution in [0.5, 0.6) is 5.75 Å². The molecule has 1 atom stereocenters. The summed E-state index contributed by atoms with van der Waals surface area (Å²) in [5, 5.41) is 0. The number of halogens is 2. The van der Waals surface area contributed by atoms with Crippen LogP contribution in [0.4, 0.5) is 4.39 Å². The van der Waals surface area contributed by atoms with E-state index >= 15 is 0 Å². The van der Waals surface area contributed by atoms with Crippen molar-refractivity contribution in [1.29, 1.82) is 0 Å². The first kappa shape index (κ1) is 15.0. The topological polar surface area (TPSA) is 9.23 Å². The molecule has 0 aromatic heterocycles. The fourth-order valence-corrected chi connectivity index (χ4v) is 2.61. The summed E-state index contributed by atoms with van der Waals surface area (Å²) in [5.74, 6) is 1.07. The molecule has 0 amide bonds. The van der Waals surface area contributed by atoms with Crippen molar-refractivity contribution in [2.24, 2.45) is 0 Å². The first-order chi connectivity index (χ1) is 9.60. The van der Waals surface area contributed by atoms with E-state index in [1.165, 1.54) is 17.7 Å². The number of hydrogen-bond acceptors (Lipinski definition) is 1. The summed E-state index contributed by atoms with van der Waals surface area (Å²) < 4.78 is 19.9. The van der Waals surface area contributed by atoms with Crippen molar-refractivity contribution in [3.8, 4) is 5.75 Å². The molecule has 0 heterocycles. The van der Waals surface area contributed by atoms with E-state index in [9.17, 15) is 4.39 Å². The van der Waals surface area contributed by atoms with Gasteiger partial charge in [-0.2, -0.15) is 0 Å². The molecule has 0 N–H and O–H groups in total. The Kier molecular flexibility index (Phi) is 5.18. The molecule has 2 rings (SSSR count). The predicted octanol–water partition coefficient (Wildman–Crippen LogP) is 5.68. The normalized spacial score (nSPS) is 12.2. The minimum Gasteiger partial charge on any atom is -0.489 e. The molecule has 1 unspecified atom stereocenters. The Bertz CT molecular complexity index is 563. The molecule has 0 saturated carbocycles. The lowest BCUT2D eigenvalue weighted by atomic mass is 9.98. The maximum atomic E-state index is 13.3. The second-order valence-corrected chi connectivity index (χ2v) is 5.83. The van der Waals surface area contributed by atoms with Gasteiger partial charge in [-0.25, -0.2) is 4.39 Å². The summed E-state index contributed by atoms with van der Waals surface area (Å²) in [7, 11) is 0. The molecular weight excluding hydrogens is 319 g/mol. The van der Waals surface area contributed by atoms with Gasteiger partial charge in [-0.1, -0.05) is 48.0 Å². The Balaban J connectivity index is 2.14. The maximum absolute atomic E-state index is 13.3. The van der Waals surface area contributed by atoms with Crippen LogP contribution in [0.2, 0.25) is 0 Å². The summed E-state index contributed by atoms with van der Waals surface area (Å²) in [6.45, 7) is 4.70. The van der Waals surface area contributed by atoms with Gasteiger partial charge in [0.25, 0.3) is 0 Å². The zero-order valence-electron chi connectivity index (χ0n) is 11.7. The van der Waals surface area contributed by atoms with E-state index in [1.807, 2.05) is 24.3 Å². The van der Waals surface area contributed by atoms with Gasteiger partial charge in [-0.3, -0.25) is 0 Å². The number of para-hydroxylation sites is 1. The molecule has 1 nitrogen and oxygen atoms in total. The highest BCUT2D eigenvalue weighted by Crippen LogP contribution is 2.29. The molecule has 2 aromatic rings. The maximum Gasteiger partial charge on any atom is 0.124 e. The second kappa shape index (κ2) is 6.89. The van der Waals surface area contributed by atoms with Gasteiger partial charge < -0.3 is 4.74 Å². The summed E-state index contributed by atoms with van der Waals surface area (Å²) in [6, 6.07) is 12.8. The summed E-state index contributed by atoms with van der Waals surface area (Å²) in [5.41, 5.74) is 2.02. The van der Waals surface area contributed by atoms with Gasteiger partial charge >= 0.3 is 0 Å². The van der Waals surface area contributed by atoms with E-state index in [2.05, 4.69) is 35.8 Å². The van der Waals surface area contributed by atoms with Gasteiger partial charge in [0.05, 0.1) is 0 Å². The second-order valence-electron chi connectivity index (χ2n) is 4.91. The average Bonchev–Trinajstić information content (AvgIpc) is 2.43. The van der Waals surface area contributed by atoms with E-state index in [4.69, 9.17) is 4.74 Å².